The van der Waals surface area contributed by atoms with Crippen molar-refractivity contribution in [2.45, 2.75) is 31.3 Å². The van der Waals surface area contributed by atoms with Gasteiger partial charge in [0, 0.05) is 6.42 Å². The number of alkyl halides is 1. The molecule has 7 heteroatoms. The predicted octanol–water partition coefficient (Wildman–Crippen LogP) is 0.870. The van der Waals surface area contributed by atoms with Crippen LogP contribution in [0.5, 0.6) is 0 Å². The minimum absolute atomic E-state index is 0.0452. The van der Waals surface area contributed by atoms with Gasteiger partial charge in [0.15, 0.2) is 0 Å². The van der Waals surface area contributed by atoms with Gasteiger partial charge in [0.1, 0.15) is 11.8 Å². The molecule has 0 fully saturated rings. The largest absolute Gasteiger partial charge is 0.480 e. The van der Waals surface area contributed by atoms with Crippen molar-refractivity contribution in [3.05, 3.63) is 35.9 Å². The average Bonchev–Trinajstić information content (AvgIpc) is 2.51. The van der Waals surface area contributed by atoms with Crippen molar-refractivity contribution >= 4 is 33.6 Å². The Balaban J connectivity index is 2.55. The molecule has 0 spiro atoms. The summed E-state index contributed by atoms with van der Waals surface area (Å²) in [6.07, 6.45) is 0.444. The Hall–Kier alpha value is -1.73. The maximum absolute atomic E-state index is 12.0. The number of hydrogen-bond acceptors (Lipinski definition) is 4. The van der Waals surface area contributed by atoms with Crippen LogP contribution in [0.2, 0.25) is 0 Å². The highest BCUT2D eigenvalue weighted by molar-refractivity contribution is 9.09. The molecule has 0 bridgehead atoms. The molecule has 22 heavy (non-hydrogen) atoms. The quantitative estimate of drug-likeness (QED) is 0.558. The summed E-state index contributed by atoms with van der Waals surface area (Å²) in [7, 11) is 0. The molecule has 1 aromatic carbocycles. The minimum Gasteiger partial charge on any atom is -0.480 e. The van der Waals surface area contributed by atoms with Gasteiger partial charge in [-0.25, -0.2) is 4.79 Å². The third-order valence-electron chi connectivity index (χ3n) is 3.11. The van der Waals surface area contributed by atoms with Crippen LogP contribution in [0.3, 0.4) is 0 Å². The normalized spacial score (nSPS) is 13.2. The van der Waals surface area contributed by atoms with Crippen molar-refractivity contribution < 1.29 is 19.5 Å². The van der Waals surface area contributed by atoms with Gasteiger partial charge in [0.25, 0.3) is 0 Å². The molecule has 6 nitrogen and oxygen atoms in total. The van der Waals surface area contributed by atoms with E-state index in [0.717, 1.165) is 5.56 Å². The molecular formula is C15H19BrN2O4. The summed E-state index contributed by atoms with van der Waals surface area (Å²) < 4.78 is 0. The molecule has 2 atom stereocenters. The number of carboxylic acids is 1. The van der Waals surface area contributed by atoms with Crippen LogP contribution in [0, 0.1) is 0 Å². The number of nitrogens with one attached hydrogen (secondary N) is 1. The van der Waals surface area contributed by atoms with Crippen LogP contribution < -0.4 is 11.1 Å². The Morgan fingerprint density at radius 1 is 1.23 bits per heavy atom. The van der Waals surface area contributed by atoms with Crippen LogP contribution in [0.15, 0.2) is 30.3 Å². The molecular weight excluding hydrogens is 352 g/mol. The van der Waals surface area contributed by atoms with E-state index in [0.29, 0.717) is 6.42 Å². The minimum atomic E-state index is -1.18. The lowest BCUT2D eigenvalue weighted by molar-refractivity contribution is -0.142. The number of benzene rings is 1. The second kappa shape index (κ2) is 9.32. The van der Waals surface area contributed by atoms with E-state index in [-0.39, 0.29) is 24.0 Å². The van der Waals surface area contributed by atoms with Crippen LogP contribution in [-0.2, 0) is 20.8 Å². The van der Waals surface area contributed by atoms with Crippen molar-refractivity contribution in [1.82, 2.24) is 5.32 Å². The van der Waals surface area contributed by atoms with Crippen molar-refractivity contribution in [2.24, 2.45) is 5.73 Å². The monoisotopic (exact) mass is 370 g/mol. The summed E-state index contributed by atoms with van der Waals surface area (Å²) in [5.41, 5.74) is 6.70. The van der Waals surface area contributed by atoms with E-state index in [2.05, 4.69) is 21.2 Å². The van der Waals surface area contributed by atoms with Gasteiger partial charge < -0.3 is 16.2 Å². The summed E-state index contributed by atoms with van der Waals surface area (Å²) in [4.78, 5) is 34.3. The van der Waals surface area contributed by atoms with E-state index < -0.39 is 24.0 Å². The molecule has 1 rings (SSSR count). The van der Waals surface area contributed by atoms with Crippen LogP contribution in [-0.4, -0.2) is 40.2 Å². The van der Waals surface area contributed by atoms with E-state index in [1.54, 1.807) is 0 Å². The van der Waals surface area contributed by atoms with Gasteiger partial charge in [-0.2, -0.15) is 0 Å². The van der Waals surface area contributed by atoms with Gasteiger partial charge in [-0.3, -0.25) is 9.59 Å². The molecule has 0 aliphatic carbocycles. The van der Waals surface area contributed by atoms with Crippen LogP contribution in [0.25, 0.3) is 0 Å². The first-order valence-electron chi connectivity index (χ1n) is 6.84. The number of rotatable bonds is 9. The Bertz CT molecular complexity index is 522. The van der Waals surface area contributed by atoms with E-state index in [4.69, 9.17) is 10.8 Å². The number of nitrogens with two attached hydrogens (primary N) is 1. The number of hydrogen-bond donors (Lipinski definition) is 3. The number of ketones is 1. The van der Waals surface area contributed by atoms with Gasteiger partial charge >= 0.3 is 5.97 Å². The number of carbonyl (C=O) groups is 3. The molecule has 0 aromatic heterocycles. The highest BCUT2D eigenvalue weighted by Gasteiger charge is 2.23. The summed E-state index contributed by atoms with van der Waals surface area (Å²) >= 11 is 3.01. The fourth-order valence-corrected chi connectivity index (χ4v) is 2.15. The predicted molar refractivity (Wildman–Crippen MR) is 85.7 cm³/mol. The Kier molecular flexibility index (Phi) is 7.76. The van der Waals surface area contributed by atoms with E-state index in [1.807, 2.05) is 30.3 Å². The first-order chi connectivity index (χ1) is 10.4. The van der Waals surface area contributed by atoms with E-state index >= 15 is 0 Å². The Morgan fingerprint density at radius 2 is 1.86 bits per heavy atom. The summed E-state index contributed by atoms with van der Waals surface area (Å²) in [6.45, 7) is 0. The third kappa shape index (κ3) is 6.36. The lowest BCUT2D eigenvalue weighted by atomic mass is 10.0. The molecule has 1 amide bonds. The summed E-state index contributed by atoms with van der Waals surface area (Å²) in [6, 6.07) is 7.27. The summed E-state index contributed by atoms with van der Waals surface area (Å²) in [5.74, 6) is -1.83. The molecule has 1 aromatic rings. The molecule has 120 valence electrons. The number of amides is 1. The van der Waals surface area contributed by atoms with Crippen LogP contribution >= 0.6 is 15.9 Å². The smallest absolute Gasteiger partial charge is 0.326 e. The number of halogens is 1. The van der Waals surface area contributed by atoms with Crippen molar-refractivity contribution in [3.63, 3.8) is 0 Å². The topological polar surface area (TPSA) is 109 Å². The van der Waals surface area contributed by atoms with Crippen molar-refractivity contribution in [3.8, 4) is 0 Å². The Morgan fingerprint density at radius 3 is 2.41 bits per heavy atom. The highest BCUT2D eigenvalue weighted by Crippen LogP contribution is 2.04. The standard InChI is InChI=1S/C15H19BrN2O4/c16-9-11(19)6-7-13(15(21)22)18-14(20)12(17)8-10-4-2-1-3-5-10/h1-5,12-13H,6-9,17H2,(H,18,20)(H,21,22)/t12-,13-/m0/s1. The molecule has 0 saturated heterocycles. The maximum atomic E-state index is 12.0. The molecule has 0 aliphatic heterocycles. The average molecular weight is 371 g/mol. The van der Waals surface area contributed by atoms with Crippen molar-refractivity contribution in [2.75, 3.05) is 5.33 Å². The lowest BCUT2D eigenvalue weighted by Crippen LogP contribution is -2.49. The van der Waals surface area contributed by atoms with Gasteiger partial charge in [0.05, 0.1) is 11.4 Å². The number of carboxylic acid groups (broad SMARTS) is 1. The first-order valence-corrected chi connectivity index (χ1v) is 7.96. The maximum Gasteiger partial charge on any atom is 0.326 e. The molecule has 0 saturated carbocycles. The van der Waals surface area contributed by atoms with E-state index in [9.17, 15) is 14.4 Å². The number of aliphatic carboxylic acids is 1. The van der Waals surface area contributed by atoms with E-state index in [1.165, 1.54) is 0 Å². The number of Topliss-reactive ketones (excluding diaryl/α,β-unsaturated/α-hetero) is 1. The van der Waals surface area contributed by atoms with Crippen molar-refractivity contribution in [1.29, 1.82) is 0 Å². The lowest BCUT2D eigenvalue weighted by Gasteiger charge is -2.17. The highest BCUT2D eigenvalue weighted by atomic mass is 79.9. The number of carbonyl (C=O) groups excluding carboxylic acids is 2. The van der Waals surface area contributed by atoms with Crippen LogP contribution in [0.1, 0.15) is 18.4 Å². The SMILES string of the molecule is N[C@@H](Cc1ccccc1)C(=O)N[C@@H](CCC(=O)CBr)C(=O)O. The Labute approximate surface area is 137 Å². The summed E-state index contributed by atoms with van der Waals surface area (Å²) in [5, 5.41) is 11.7. The zero-order valence-corrected chi connectivity index (χ0v) is 13.6. The molecule has 0 unspecified atom stereocenters. The molecule has 4 N–H and O–H groups in total. The molecule has 0 heterocycles. The second-order valence-electron chi connectivity index (χ2n) is 4.91. The van der Waals surface area contributed by atoms with Crippen LogP contribution in [0.4, 0.5) is 0 Å². The first kappa shape index (κ1) is 18.3. The van der Waals surface area contributed by atoms with Gasteiger partial charge in [-0.15, -0.1) is 0 Å². The third-order valence-corrected chi connectivity index (χ3v) is 3.74. The van der Waals surface area contributed by atoms with Gasteiger partial charge in [0.2, 0.25) is 5.91 Å². The molecule has 0 aliphatic rings. The van der Waals surface area contributed by atoms with Gasteiger partial charge in [-0.1, -0.05) is 46.3 Å². The van der Waals surface area contributed by atoms with Gasteiger partial charge in [-0.05, 0) is 18.4 Å². The zero-order chi connectivity index (χ0) is 16.5. The zero-order valence-electron chi connectivity index (χ0n) is 12.0. The fraction of sp³-hybridized carbons (Fsp3) is 0.400. The molecule has 0 radical (unpaired) electrons. The second-order valence-corrected chi connectivity index (χ2v) is 5.47. The fourth-order valence-electron chi connectivity index (χ4n) is 1.87.